The van der Waals surface area contributed by atoms with Gasteiger partial charge in [-0.3, -0.25) is 0 Å². The highest BCUT2D eigenvalue weighted by atomic mass is 127. The summed E-state index contributed by atoms with van der Waals surface area (Å²) in [4.78, 5) is 5.92. The minimum absolute atomic E-state index is 0.688. The van der Waals surface area contributed by atoms with Crippen LogP contribution in [0.5, 0.6) is 0 Å². The van der Waals surface area contributed by atoms with Crippen LogP contribution in [0.2, 0.25) is 0 Å². The van der Waals surface area contributed by atoms with E-state index in [4.69, 9.17) is 0 Å². The van der Waals surface area contributed by atoms with Gasteiger partial charge in [-0.2, -0.15) is 0 Å². The summed E-state index contributed by atoms with van der Waals surface area (Å²) in [6.07, 6.45) is 5.64. The van der Waals surface area contributed by atoms with Crippen molar-refractivity contribution in [2.24, 2.45) is 0 Å². The quantitative estimate of drug-likeness (QED) is 0.559. The van der Waals surface area contributed by atoms with Gasteiger partial charge in [0.25, 0.3) is 0 Å². The van der Waals surface area contributed by atoms with Gasteiger partial charge in [0.05, 0.1) is 0 Å². The molecule has 0 aromatic rings. The van der Waals surface area contributed by atoms with Crippen LogP contribution in [-0.4, -0.2) is 40.6 Å². The average molecular weight is 278 g/mol. The van der Waals surface area contributed by atoms with Gasteiger partial charge in [-0.15, -0.1) is 22.4 Å². The molecule has 12 heavy (non-hydrogen) atoms. The van der Waals surface area contributed by atoms with E-state index in [1.807, 2.05) is 0 Å². The summed E-state index contributed by atoms with van der Waals surface area (Å²) in [5.41, 5.74) is 0. The van der Waals surface area contributed by atoms with E-state index < -0.39 is 0 Å². The third kappa shape index (κ3) is 1.96. The Kier molecular flexibility index (Phi) is 3.31. The molecule has 2 fully saturated rings. The van der Waals surface area contributed by atoms with Crippen LogP contribution >= 0.6 is 22.4 Å². The fraction of sp³-hybridized carbons (Fsp3) is 1.00. The summed E-state index contributed by atoms with van der Waals surface area (Å²) < 4.78 is 0. The van der Waals surface area contributed by atoms with E-state index in [-0.39, 0.29) is 0 Å². The van der Waals surface area contributed by atoms with Crippen molar-refractivity contribution in [2.45, 2.75) is 25.7 Å². The van der Waals surface area contributed by atoms with Gasteiger partial charge in [0.2, 0.25) is 0 Å². The second kappa shape index (κ2) is 4.29. The molecule has 0 radical (unpaired) electrons. The molecule has 2 nitrogen and oxygen atoms in total. The summed E-state index contributed by atoms with van der Waals surface area (Å²) in [5, 5.41) is 0. The third-order valence-corrected chi connectivity index (χ3v) is 4.46. The maximum atomic E-state index is 2.62. The zero-order chi connectivity index (χ0) is 8.39. The maximum absolute atomic E-state index is 2.62. The van der Waals surface area contributed by atoms with E-state index in [9.17, 15) is 0 Å². The van der Waals surface area contributed by atoms with E-state index in [1.54, 1.807) is 0 Å². The number of hydrogen-bond acceptors (Lipinski definition) is 2. The summed E-state index contributed by atoms with van der Waals surface area (Å²) in [6, 6.07) is 0. The van der Waals surface area contributed by atoms with E-state index in [1.165, 1.54) is 51.9 Å². The van der Waals surface area contributed by atoms with Crippen molar-refractivity contribution < 1.29 is 0 Å². The molecule has 0 aromatic heterocycles. The zero-order valence-corrected chi connectivity index (χ0v) is 9.66. The molecule has 0 unspecified atom stereocenters. The first kappa shape index (κ1) is 9.28. The smallest absolute Gasteiger partial charge is 0.319 e. The SMILES string of the molecule is IB(N1CCCC1)N1CCCC1. The highest BCUT2D eigenvalue weighted by Gasteiger charge is 2.31. The van der Waals surface area contributed by atoms with Gasteiger partial charge >= 0.3 is 4.84 Å². The molecule has 0 bridgehead atoms. The normalized spacial score (nSPS) is 26.8. The van der Waals surface area contributed by atoms with Crippen molar-refractivity contribution in [1.29, 1.82) is 0 Å². The zero-order valence-electron chi connectivity index (χ0n) is 7.51. The largest absolute Gasteiger partial charge is 0.385 e. The molecule has 0 spiro atoms. The van der Waals surface area contributed by atoms with Gasteiger partial charge in [-0.05, 0) is 51.9 Å². The Bertz CT molecular complexity index is 128. The van der Waals surface area contributed by atoms with Gasteiger partial charge in [0.15, 0.2) is 0 Å². The number of rotatable bonds is 2. The first-order valence-electron chi connectivity index (χ1n) is 5.00. The van der Waals surface area contributed by atoms with E-state index in [2.05, 4.69) is 32.0 Å². The van der Waals surface area contributed by atoms with E-state index in [0.717, 1.165) is 0 Å². The van der Waals surface area contributed by atoms with Crippen LogP contribution < -0.4 is 0 Å². The van der Waals surface area contributed by atoms with Gasteiger partial charge in [-0.1, -0.05) is 0 Å². The minimum Gasteiger partial charge on any atom is -0.319 e. The molecule has 2 saturated heterocycles. The van der Waals surface area contributed by atoms with Crippen molar-refractivity contribution in [3.05, 3.63) is 0 Å². The molecule has 0 saturated carbocycles. The lowest BCUT2D eigenvalue weighted by Gasteiger charge is -2.26. The summed E-state index contributed by atoms with van der Waals surface area (Å²) in [6.45, 7) is 5.29. The monoisotopic (exact) mass is 278 g/mol. The standard InChI is InChI=1S/C8H16BIN2/c10-9(11-5-1-2-6-11)12-7-3-4-8-12/h1-8H2. The molecule has 0 aliphatic carbocycles. The second-order valence-corrected chi connectivity index (χ2v) is 4.91. The molecule has 2 heterocycles. The van der Waals surface area contributed by atoms with Crippen molar-refractivity contribution >= 4 is 27.2 Å². The molecule has 0 amide bonds. The van der Waals surface area contributed by atoms with Crippen LogP contribution in [0.25, 0.3) is 0 Å². The van der Waals surface area contributed by atoms with Crippen LogP contribution in [0.1, 0.15) is 25.7 Å². The summed E-state index contributed by atoms with van der Waals surface area (Å²) in [5.74, 6) is 0. The Balaban J connectivity index is 1.84. The number of halogens is 1. The van der Waals surface area contributed by atoms with Crippen molar-refractivity contribution in [3.8, 4) is 0 Å². The molecular formula is C8H16BIN2. The lowest BCUT2D eigenvalue weighted by molar-refractivity contribution is 0.447. The molecule has 2 aliphatic rings. The molecule has 0 aromatic carbocycles. The fourth-order valence-electron chi connectivity index (χ4n) is 2.14. The van der Waals surface area contributed by atoms with Crippen molar-refractivity contribution in [2.75, 3.05) is 26.2 Å². The lowest BCUT2D eigenvalue weighted by Crippen LogP contribution is -2.46. The van der Waals surface area contributed by atoms with E-state index in [0.29, 0.717) is 4.84 Å². The predicted octanol–water partition coefficient (Wildman–Crippen LogP) is 1.60. The highest BCUT2D eigenvalue weighted by Crippen LogP contribution is 2.20. The summed E-state index contributed by atoms with van der Waals surface area (Å²) in [7, 11) is 0. The van der Waals surface area contributed by atoms with Crippen molar-refractivity contribution in [1.82, 2.24) is 9.62 Å². The van der Waals surface area contributed by atoms with Gasteiger partial charge in [0, 0.05) is 0 Å². The highest BCUT2D eigenvalue weighted by molar-refractivity contribution is 14.1. The second-order valence-electron chi connectivity index (χ2n) is 3.80. The van der Waals surface area contributed by atoms with Crippen LogP contribution in [0.3, 0.4) is 0 Å². The molecule has 68 valence electrons. The van der Waals surface area contributed by atoms with E-state index >= 15 is 0 Å². The topological polar surface area (TPSA) is 6.48 Å². The lowest BCUT2D eigenvalue weighted by atomic mass is 10.1. The van der Waals surface area contributed by atoms with Gasteiger partial charge in [0.1, 0.15) is 0 Å². The van der Waals surface area contributed by atoms with Crippen LogP contribution in [0.4, 0.5) is 0 Å². The Hall–Kier alpha value is 0.715. The Morgan fingerprint density at radius 1 is 0.750 bits per heavy atom. The van der Waals surface area contributed by atoms with Gasteiger partial charge in [-0.25, -0.2) is 0 Å². The van der Waals surface area contributed by atoms with Gasteiger partial charge < -0.3 is 9.62 Å². The molecule has 4 heteroatoms. The Labute approximate surface area is 88.7 Å². The maximum Gasteiger partial charge on any atom is 0.385 e. The Morgan fingerprint density at radius 2 is 1.08 bits per heavy atom. The predicted molar refractivity (Wildman–Crippen MR) is 61.4 cm³/mol. The van der Waals surface area contributed by atoms with Crippen LogP contribution in [-0.2, 0) is 0 Å². The Morgan fingerprint density at radius 3 is 1.42 bits per heavy atom. The molecule has 2 aliphatic heterocycles. The fourth-order valence-corrected chi connectivity index (χ4v) is 3.25. The molecular weight excluding hydrogens is 262 g/mol. The first-order chi connectivity index (χ1) is 5.88. The summed E-state index contributed by atoms with van der Waals surface area (Å²) >= 11 is 2.60. The average Bonchev–Trinajstić information content (AvgIpc) is 2.77. The first-order valence-corrected chi connectivity index (χ1v) is 6.25. The molecule has 2 rings (SSSR count). The number of hydrogen-bond donors (Lipinski definition) is 0. The van der Waals surface area contributed by atoms with Crippen molar-refractivity contribution in [3.63, 3.8) is 0 Å². The molecule has 0 atom stereocenters. The molecule has 0 N–H and O–H groups in total. The van der Waals surface area contributed by atoms with Crippen LogP contribution in [0.15, 0.2) is 0 Å². The third-order valence-electron chi connectivity index (χ3n) is 2.88. The minimum atomic E-state index is 0.688. The van der Waals surface area contributed by atoms with Crippen LogP contribution in [0, 0.1) is 0 Å². The number of nitrogens with zero attached hydrogens (tertiary/aromatic N) is 2.